The van der Waals surface area contributed by atoms with Gasteiger partial charge in [-0.25, -0.2) is 0 Å². The lowest BCUT2D eigenvalue weighted by molar-refractivity contribution is 0.265. The molecule has 0 amide bonds. The number of rotatable bonds is 2. The summed E-state index contributed by atoms with van der Waals surface area (Å²) in [4.78, 5) is 0. The van der Waals surface area contributed by atoms with Crippen molar-refractivity contribution in [1.82, 2.24) is 0 Å². The fraction of sp³-hybridized carbons (Fsp3) is 0.667. The van der Waals surface area contributed by atoms with Crippen molar-refractivity contribution in [3.63, 3.8) is 0 Å². The fourth-order valence-electron chi connectivity index (χ4n) is 3.15. The Labute approximate surface area is 98.3 Å². The average Bonchev–Trinajstić information content (AvgIpc) is 2.73. The molecule has 2 fully saturated rings. The molecule has 1 aromatic rings. The van der Waals surface area contributed by atoms with Gasteiger partial charge >= 0.3 is 0 Å². The maximum Gasteiger partial charge on any atom is 0.169 e. The molecule has 0 unspecified atom stereocenters. The van der Waals surface area contributed by atoms with Crippen LogP contribution in [0, 0.1) is 0 Å². The van der Waals surface area contributed by atoms with Crippen molar-refractivity contribution in [1.29, 1.82) is 0 Å². The summed E-state index contributed by atoms with van der Waals surface area (Å²) >= 11 is 3.38. The molecule has 0 radical (unpaired) electrons. The van der Waals surface area contributed by atoms with Gasteiger partial charge in [-0.1, -0.05) is 12.8 Å². The predicted octanol–water partition coefficient (Wildman–Crippen LogP) is 3.35. The summed E-state index contributed by atoms with van der Waals surface area (Å²) in [5.41, 5.74) is 6.62. The van der Waals surface area contributed by atoms with Gasteiger partial charge in [-0.2, -0.15) is 0 Å². The molecule has 2 aliphatic carbocycles. The van der Waals surface area contributed by atoms with E-state index in [4.69, 9.17) is 10.2 Å². The largest absolute Gasteiger partial charge is 0.454 e. The Balaban J connectivity index is 2.04. The maximum atomic E-state index is 6.45. The van der Waals surface area contributed by atoms with Crippen LogP contribution in [0.3, 0.4) is 0 Å². The van der Waals surface area contributed by atoms with Gasteiger partial charge < -0.3 is 10.2 Å². The summed E-state index contributed by atoms with van der Waals surface area (Å²) in [5.74, 6) is 1.10. The van der Waals surface area contributed by atoms with Crippen molar-refractivity contribution in [2.75, 3.05) is 0 Å². The van der Waals surface area contributed by atoms with Gasteiger partial charge in [0.1, 0.15) is 5.76 Å². The van der Waals surface area contributed by atoms with Gasteiger partial charge in [0, 0.05) is 11.0 Å². The topological polar surface area (TPSA) is 39.2 Å². The van der Waals surface area contributed by atoms with E-state index >= 15 is 0 Å². The van der Waals surface area contributed by atoms with Gasteiger partial charge in [0.15, 0.2) is 4.67 Å². The highest BCUT2D eigenvalue weighted by molar-refractivity contribution is 9.10. The van der Waals surface area contributed by atoms with E-state index in [9.17, 15) is 0 Å². The molecule has 2 saturated carbocycles. The number of halogens is 1. The number of furan rings is 1. The molecular weight excluding hydrogens is 254 g/mol. The molecule has 0 spiro atoms. The Hall–Kier alpha value is -0.280. The molecule has 1 heterocycles. The van der Waals surface area contributed by atoms with Crippen LogP contribution in [0.25, 0.3) is 0 Å². The second-order valence-electron chi connectivity index (χ2n) is 5.05. The van der Waals surface area contributed by atoms with Crippen LogP contribution in [-0.4, -0.2) is 5.54 Å². The van der Waals surface area contributed by atoms with Crippen molar-refractivity contribution >= 4 is 15.9 Å². The van der Waals surface area contributed by atoms with Crippen molar-refractivity contribution in [3.8, 4) is 0 Å². The summed E-state index contributed by atoms with van der Waals surface area (Å²) in [6.45, 7) is 0. The number of nitrogens with two attached hydrogens (primary N) is 1. The molecule has 2 nitrogen and oxygen atoms in total. The summed E-state index contributed by atoms with van der Waals surface area (Å²) in [7, 11) is 0. The minimum absolute atomic E-state index is 0.0286. The summed E-state index contributed by atoms with van der Waals surface area (Å²) in [5, 5.41) is 0. The Bertz CT molecular complexity index is 375. The first-order valence-electron chi connectivity index (χ1n) is 5.71. The molecule has 2 N–H and O–H groups in total. The van der Waals surface area contributed by atoms with Crippen LogP contribution in [0.4, 0.5) is 0 Å². The Morgan fingerprint density at radius 2 is 1.80 bits per heavy atom. The molecule has 0 bridgehead atoms. The van der Waals surface area contributed by atoms with Crippen LogP contribution in [0.5, 0.6) is 0 Å². The smallest absolute Gasteiger partial charge is 0.169 e. The Morgan fingerprint density at radius 1 is 1.13 bits per heavy atom. The predicted molar refractivity (Wildman–Crippen MR) is 62.7 cm³/mol. The highest BCUT2D eigenvalue weighted by Crippen LogP contribution is 2.57. The normalized spacial score (nSPS) is 26.8. The molecule has 0 saturated heterocycles. The number of hydrogen-bond donors (Lipinski definition) is 1. The van der Waals surface area contributed by atoms with Gasteiger partial charge in [-0.05, 0) is 53.7 Å². The summed E-state index contributed by atoms with van der Waals surface area (Å²) < 4.78 is 6.60. The number of hydrogen-bond acceptors (Lipinski definition) is 2. The third-order valence-corrected chi connectivity index (χ3v) is 4.67. The van der Waals surface area contributed by atoms with E-state index in [1.165, 1.54) is 25.7 Å². The standard InChI is InChI=1S/C12H16BrNO/c13-10-4-3-9(15-10)11(5-1-2-6-11)12(14)7-8-12/h3-4H,1-2,5-8,14H2. The molecule has 3 heteroatoms. The molecule has 15 heavy (non-hydrogen) atoms. The van der Waals surface area contributed by atoms with Crippen LogP contribution in [0.1, 0.15) is 44.3 Å². The van der Waals surface area contributed by atoms with E-state index in [1.54, 1.807) is 0 Å². The van der Waals surface area contributed by atoms with Crippen LogP contribution >= 0.6 is 15.9 Å². The molecule has 0 aromatic carbocycles. The van der Waals surface area contributed by atoms with Crippen molar-refractivity contribution in [2.45, 2.75) is 49.5 Å². The first-order valence-corrected chi connectivity index (χ1v) is 6.50. The second-order valence-corrected chi connectivity index (χ2v) is 5.83. The van der Waals surface area contributed by atoms with Gasteiger partial charge in [0.05, 0.1) is 0 Å². The zero-order chi connectivity index (χ0) is 10.5. The van der Waals surface area contributed by atoms with Crippen LogP contribution in [0.2, 0.25) is 0 Å². The van der Waals surface area contributed by atoms with E-state index in [-0.39, 0.29) is 11.0 Å². The molecule has 1 aromatic heterocycles. The van der Waals surface area contributed by atoms with E-state index < -0.39 is 0 Å². The molecule has 0 atom stereocenters. The van der Waals surface area contributed by atoms with Gasteiger partial charge in [0.2, 0.25) is 0 Å². The van der Waals surface area contributed by atoms with Crippen molar-refractivity contribution in [2.24, 2.45) is 5.73 Å². The zero-order valence-corrected chi connectivity index (χ0v) is 10.3. The first kappa shape index (κ1) is 9.91. The monoisotopic (exact) mass is 269 g/mol. The van der Waals surface area contributed by atoms with E-state index in [1.807, 2.05) is 6.07 Å². The lowest BCUT2D eigenvalue weighted by Crippen LogP contribution is -2.45. The van der Waals surface area contributed by atoms with E-state index in [0.29, 0.717) is 0 Å². The lowest BCUT2D eigenvalue weighted by Gasteiger charge is -2.33. The fourth-order valence-corrected chi connectivity index (χ4v) is 3.46. The molecule has 2 aliphatic rings. The minimum atomic E-state index is 0.0286. The van der Waals surface area contributed by atoms with Gasteiger partial charge in [-0.15, -0.1) is 0 Å². The molecule has 3 rings (SSSR count). The SMILES string of the molecule is NC1(C2(c3ccc(Br)o3)CCCC2)CC1. The van der Waals surface area contributed by atoms with Crippen LogP contribution in [-0.2, 0) is 5.41 Å². The highest BCUT2D eigenvalue weighted by Gasteiger charge is 2.59. The quantitative estimate of drug-likeness (QED) is 0.895. The molecule has 0 aliphatic heterocycles. The van der Waals surface area contributed by atoms with E-state index in [0.717, 1.165) is 23.3 Å². The van der Waals surface area contributed by atoms with Crippen LogP contribution in [0.15, 0.2) is 21.2 Å². The Morgan fingerprint density at radius 3 is 2.27 bits per heavy atom. The highest BCUT2D eigenvalue weighted by atomic mass is 79.9. The van der Waals surface area contributed by atoms with Crippen molar-refractivity contribution in [3.05, 3.63) is 22.6 Å². The summed E-state index contributed by atoms with van der Waals surface area (Å²) in [6.07, 6.45) is 7.29. The minimum Gasteiger partial charge on any atom is -0.454 e. The summed E-state index contributed by atoms with van der Waals surface area (Å²) in [6, 6.07) is 4.09. The molecular formula is C12H16BrNO. The average molecular weight is 270 g/mol. The van der Waals surface area contributed by atoms with Gasteiger partial charge in [-0.3, -0.25) is 0 Å². The van der Waals surface area contributed by atoms with Crippen molar-refractivity contribution < 1.29 is 4.42 Å². The first-order chi connectivity index (χ1) is 7.16. The van der Waals surface area contributed by atoms with Crippen LogP contribution < -0.4 is 5.73 Å². The Kier molecular flexibility index (Phi) is 2.05. The molecule has 82 valence electrons. The van der Waals surface area contributed by atoms with E-state index in [2.05, 4.69) is 22.0 Å². The third kappa shape index (κ3) is 1.32. The maximum absolute atomic E-state index is 6.45. The third-order valence-electron chi connectivity index (χ3n) is 4.24. The second kappa shape index (κ2) is 3.11. The zero-order valence-electron chi connectivity index (χ0n) is 8.76. The van der Waals surface area contributed by atoms with Gasteiger partial charge in [0.25, 0.3) is 0 Å². The lowest BCUT2D eigenvalue weighted by atomic mass is 9.74.